The molecule has 0 bridgehead atoms. The van der Waals surface area contributed by atoms with Gasteiger partial charge in [-0.25, -0.2) is 13.4 Å². The number of ketones is 1. The van der Waals surface area contributed by atoms with Crippen molar-refractivity contribution in [3.05, 3.63) is 48.0 Å². The zero-order valence-corrected chi connectivity index (χ0v) is 20.5. The first-order valence-electron chi connectivity index (χ1n) is 11.7. The second-order valence-electron chi connectivity index (χ2n) is 8.75. The van der Waals surface area contributed by atoms with Gasteiger partial charge in [-0.3, -0.25) is 4.79 Å². The normalized spacial score (nSPS) is 18.6. The van der Waals surface area contributed by atoms with E-state index < -0.39 is 10.0 Å². The maximum absolute atomic E-state index is 13.1. The topological polar surface area (TPSA) is 94.2 Å². The lowest BCUT2D eigenvalue weighted by Crippen LogP contribution is -2.45. The number of hydrogen-bond acceptors (Lipinski definition) is 7. The zero-order chi connectivity index (χ0) is 24.1. The zero-order valence-electron chi connectivity index (χ0n) is 19.7. The Morgan fingerprint density at radius 1 is 1.03 bits per heavy atom. The van der Waals surface area contributed by atoms with Crippen molar-refractivity contribution in [2.45, 2.75) is 49.5 Å². The Morgan fingerprint density at radius 2 is 1.76 bits per heavy atom. The molecule has 0 radical (unpaired) electrons. The molecule has 1 saturated carbocycles. The maximum atomic E-state index is 13.1. The Hall–Kier alpha value is -2.62. The number of hydrazine groups is 1. The van der Waals surface area contributed by atoms with E-state index in [4.69, 9.17) is 14.2 Å². The van der Waals surface area contributed by atoms with Crippen LogP contribution in [0.4, 0.5) is 0 Å². The van der Waals surface area contributed by atoms with Crippen LogP contribution in [0.3, 0.4) is 0 Å². The van der Waals surface area contributed by atoms with Crippen LogP contribution in [0, 0.1) is 5.92 Å². The van der Waals surface area contributed by atoms with Crippen LogP contribution in [-0.4, -0.2) is 52.6 Å². The number of methoxy groups -OCH3 is 2. The summed E-state index contributed by atoms with van der Waals surface area (Å²) in [4.78, 5) is 14.9. The van der Waals surface area contributed by atoms with Crippen LogP contribution in [0.25, 0.3) is 0 Å². The van der Waals surface area contributed by atoms with Crippen LogP contribution in [0.2, 0.25) is 0 Å². The van der Waals surface area contributed by atoms with E-state index in [-0.39, 0.29) is 28.4 Å². The van der Waals surface area contributed by atoms with Gasteiger partial charge in [-0.1, -0.05) is 0 Å². The summed E-state index contributed by atoms with van der Waals surface area (Å²) in [5.74, 6) is 1.88. The monoisotopic (exact) mass is 488 g/mol. The van der Waals surface area contributed by atoms with Crippen molar-refractivity contribution in [3.8, 4) is 17.2 Å². The van der Waals surface area contributed by atoms with Gasteiger partial charge in [-0.2, -0.15) is 0 Å². The molecule has 4 rings (SSSR count). The van der Waals surface area contributed by atoms with Gasteiger partial charge in [-0.15, -0.1) is 4.83 Å². The molecular formula is C25H32N2O6S. The van der Waals surface area contributed by atoms with Crippen LogP contribution in [0.5, 0.6) is 17.2 Å². The van der Waals surface area contributed by atoms with Crippen molar-refractivity contribution in [3.63, 3.8) is 0 Å². The lowest BCUT2D eigenvalue weighted by molar-refractivity contribution is 0.0967. The lowest BCUT2D eigenvalue weighted by atomic mass is 10.1. The summed E-state index contributed by atoms with van der Waals surface area (Å²) in [7, 11) is -0.892. The lowest BCUT2D eigenvalue weighted by Gasteiger charge is -2.25. The van der Waals surface area contributed by atoms with E-state index in [0.29, 0.717) is 18.9 Å². The van der Waals surface area contributed by atoms with E-state index in [1.165, 1.54) is 20.3 Å². The molecule has 0 aromatic heterocycles. The van der Waals surface area contributed by atoms with E-state index in [1.807, 2.05) is 24.3 Å². The molecule has 1 heterocycles. The third-order valence-electron chi connectivity index (χ3n) is 6.31. The molecule has 0 amide bonds. The smallest absolute Gasteiger partial charge is 0.257 e. The largest absolute Gasteiger partial charge is 0.497 e. The fourth-order valence-corrected chi connectivity index (χ4v) is 5.59. The molecule has 1 aliphatic carbocycles. The highest BCUT2D eigenvalue weighted by Crippen LogP contribution is 2.33. The summed E-state index contributed by atoms with van der Waals surface area (Å²) in [5.41, 5.74) is 0.747. The molecule has 8 nitrogen and oxygen atoms in total. The van der Waals surface area contributed by atoms with Crippen LogP contribution in [-0.2, 0) is 10.0 Å². The van der Waals surface area contributed by atoms with Crippen molar-refractivity contribution < 1.29 is 27.4 Å². The van der Waals surface area contributed by atoms with Crippen molar-refractivity contribution in [1.29, 1.82) is 0 Å². The Kier molecular flexibility index (Phi) is 7.75. The average molecular weight is 489 g/mol. The Labute approximate surface area is 201 Å². The molecule has 184 valence electrons. The average Bonchev–Trinajstić information content (AvgIpc) is 3.62. The van der Waals surface area contributed by atoms with Crippen molar-refractivity contribution >= 4 is 15.8 Å². The van der Waals surface area contributed by atoms with E-state index in [0.717, 1.165) is 49.8 Å². The first-order valence-corrected chi connectivity index (χ1v) is 13.2. The summed E-state index contributed by atoms with van der Waals surface area (Å²) >= 11 is 0. The van der Waals surface area contributed by atoms with Gasteiger partial charge in [-0.05, 0) is 74.9 Å². The molecular weight excluding hydrogens is 456 g/mol. The first-order chi connectivity index (χ1) is 16.4. The Morgan fingerprint density at radius 3 is 2.44 bits per heavy atom. The van der Waals surface area contributed by atoms with Crippen LogP contribution >= 0.6 is 0 Å². The number of ether oxygens (including phenoxy) is 3. The minimum atomic E-state index is -3.83. The van der Waals surface area contributed by atoms with E-state index in [9.17, 15) is 13.2 Å². The molecule has 1 aliphatic heterocycles. The third kappa shape index (κ3) is 5.89. The number of carbonyl (C=O) groups is 1. The summed E-state index contributed by atoms with van der Waals surface area (Å²) in [5, 5.41) is 1.80. The standard InChI is InChI=1S/C25H32N2O6S/c1-31-22-13-14-23(32-2)24(17-22)34(29,30)26-27-15-3-5-20(27)6-4-16-33-21-11-9-19(10-12-21)25(28)18-7-8-18/h9-14,17-18,20,26H,3-8,15-16H2,1-2H3. The fraction of sp³-hybridized carbons (Fsp3) is 0.480. The van der Waals surface area contributed by atoms with Gasteiger partial charge in [0, 0.05) is 30.1 Å². The minimum absolute atomic E-state index is 0.0481. The molecule has 2 aromatic rings. The third-order valence-corrected chi connectivity index (χ3v) is 7.69. The van der Waals surface area contributed by atoms with Crippen LogP contribution in [0.15, 0.2) is 47.4 Å². The highest BCUT2D eigenvalue weighted by atomic mass is 32.2. The van der Waals surface area contributed by atoms with Crippen LogP contribution < -0.4 is 19.0 Å². The number of hydrogen-bond donors (Lipinski definition) is 1. The van der Waals surface area contributed by atoms with Gasteiger partial charge in [0.25, 0.3) is 10.0 Å². The fourth-order valence-electron chi connectivity index (χ4n) is 4.26. The number of carbonyl (C=O) groups excluding carboxylic acids is 1. The second-order valence-corrected chi connectivity index (χ2v) is 10.4. The number of Topliss-reactive ketones (excluding diaryl/α,β-unsaturated/α-hetero) is 1. The maximum Gasteiger partial charge on any atom is 0.257 e. The highest BCUT2D eigenvalue weighted by Gasteiger charge is 2.31. The van der Waals surface area contributed by atoms with Gasteiger partial charge < -0.3 is 14.2 Å². The predicted molar refractivity (Wildman–Crippen MR) is 128 cm³/mol. The van der Waals surface area contributed by atoms with E-state index in [2.05, 4.69) is 4.83 Å². The first kappa shape index (κ1) is 24.5. The minimum Gasteiger partial charge on any atom is -0.497 e. The van der Waals surface area contributed by atoms with Gasteiger partial charge in [0.05, 0.1) is 20.8 Å². The molecule has 1 N–H and O–H groups in total. The molecule has 1 unspecified atom stereocenters. The molecule has 1 atom stereocenters. The van der Waals surface area contributed by atoms with E-state index >= 15 is 0 Å². The summed E-state index contributed by atoms with van der Waals surface area (Å²) in [6, 6.07) is 12.1. The molecule has 2 aromatic carbocycles. The molecule has 0 spiro atoms. The van der Waals surface area contributed by atoms with Gasteiger partial charge >= 0.3 is 0 Å². The molecule has 9 heteroatoms. The van der Waals surface area contributed by atoms with Crippen LogP contribution in [0.1, 0.15) is 48.9 Å². The van der Waals surface area contributed by atoms with Crippen molar-refractivity contribution in [1.82, 2.24) is 9.84 Å². The summed E-state index contributed by atoms with van der Waals surface area (Å²) in [6.45, 7) is 1.17. The number of nitrogens with one attached hydrogen (secondary N) is 1. The Bertz CT molecular complexity index is 1100. The molecule has 2 fully saturated rings. The number of benzene rings is 2. The second kappa shape index (κ2) is 10.8. The van der Waals surface area contributed by atoms with Gasteiger partial charge in [0.1, 0.15) is 22.1 Å². The Balaban J connectivity index is 1.28. The summed E-state index contributed by atoms with van der Waals surface area (Å²) < 4.78 is 42.4. The molecule has 2 aliphatic rings. The number of rotatable bonds is 12. The van der Waals surface area contributed by atoms with Crippen molar-refractivity contribution in [2.24, 2.45) is 5.92 Å². The number of nitrogens with zero attached hydrogens (tertiary/aromatic N) is 1. The van der Waals surface area contributed by atoms with E-state index in [1.54, 1.807) is 17.1 Å². The van der Waals surface area contributed by atoms with Gasteiger partial charge in [0.15, 0.2) is 5.78 Å². The van der Waals surface area contributed by atoms with Crippen molar-refractivity contribution in [2.75, 3.05) is 27.4 Å². The highest BCUT2D eigenvalue weighted by molar-refractivity contribution is 7.89. The predicted octanol–water partition coefficient (Wildman–Crippen LogP) is 3.81. The molecule has 1 saturated heterocycles. The quantitative estimate of drug-likeness (QED) is 0.359. The number of sulfonamides is 1. The SMILES string of the molecule is COc1ccc(OC)c(S(=O)(=O)NN2CCCC2CCCOc2ccc(C(=O)C3CC3)cc2)c1. The molecule has 34 heavy (non-hydrogen) atoms. The summed E-state index contributed by atoms with van der Waals surface area (Å²) in [6.07, 6.45) is 5.41. The van der Waals surface area contributed by atoms with Gasteiger partial charge in [0.2, 0.25) is 0 Å².